The second-order valence-electron chi connectivity index (χ2n) is 5.82. The molecule has 23 heavy (non-hydrogen) atoms. The number of ether oxygens (including phenoxy) is 1. The third kappa shape index (κ3) is 4.22. The third-order valence-electron chi connectivity index (χ3n) is 4.25. The Balaban J connectivity index is 2.28. The molecule has 0 fully saturated rings. The quantitative estimate of drug-likeness (QED) is 0.595. The Morgan fingerprint density at radius 2 is 2.22 bits per heavy atom. The Morgan fingerprint density at radius 1 is 1.43 bits per heavy atom. The van der Waals surface area contributed by atoms with Gasteiger partial charge in [-0.25, -0.2) is 4.79 Å². The van der Waals surface area contributed by atoms with Crippen molar-refractivity contribution in [2.24, 2.45) is 5.92 Å². The van der Waals surface area contributed by atoms with Gasteiger partial charge < -0.3 is 10.1 Å². The first-order valence-corrected chi connectivity index (χ1v) is 9.14. The number of carbonyl (C=O) groups is 2. The highest BCUT2D eigenvalue weighted by molar-refractivity contribution is 7.17. The van der Waals surface area contributed by atoms with Crippen molar-refractivity contribution in [3.63, 3.8) is 0 Å². The maximum Gasteiger partial charge on any atom is 0.341 e. The number of carbonyl (C=O) groups excluding carboxylic acids is 2. The molecule has 1 amide bonds. The van der Waals surface area contributed by atoms with Gasteiger partial charge in [0.1, 0.15) is 5.00 Å². The molecule has 1 N–H and O–H groups in total. The molecule has 0 spiro atoms. The van der Waals surface area contributed by atoms with Gasteiger partial charge in [-0.3, -0.25) is 4.79 Å². The van der Waals surface area contributed by atoms with E-state index in [4.69, 9.17) is 4.74 Å². The standard InChI is InChI=1S/C18H25NO3S/c1-4-7-8-15(20)19-17-16(18(21)22-6-3)13-10-9-12(5-2)11-14(13)23-17/h4,12H,1,5-11H2,2-3H3,(H,19,20)/t12-/m1/s1. The summed E-state index contributed by atoms with van der Waals surface area (Å²) in [5.74, 6) is 0.264. The van der Waals surface area contributed by atoms with Crippen LogP contribution >= 0.6 is 11.3 Å². The smallest absolute Gasteiger partial charge is 0.341 e. The van der Waals surface area contributed by atoms with Gasteiger partial charge in [0.2, 0.25) is 5.91 Å². The molecule has 0 unspecified atom stereocenters. The lowest BCUT2D eigenvalue weighted by Gasteiger charge is -2.20. The van der Waals surface area contributed by atoms with E-state index < -0.39 is 0 Å². The lowest BCUT2D eigenvalue weighted by atomic mass is 9.85. The normalized spacial score (nSPS) is 16.5. The molecule has 126 valence electrons. The first-order chi connectivity index (χ1) is 11.1. The second-order valence-corrected chi connectivity index (χ2v) is 6.93. The Labute approximate surface area is 141 Å². The minimum absolute atomic E-state index is 0.0823. The molecule has 0 radical (unpaired) electrons. The van der Waals surface area contributed by atoms with Crippen molar-refractivity contribution in [3.8, 4) is 0 Å². The summed E-state index contributed by atoms with van der Waals surface area (Å²) in [5.41, 5.74) is 1.66. The van der Waals surface area contributed by atoms with Crippen LogP contribution in [-0.4, -0.2) is 18.5 Å². The van der Waals surface area contributed by atoms with Gasteiger partial charge in [-0.15, -0.1) is 17.9 Å². The van der Waals surface area contributed by atoms with Crippen LogP contribution in [0, 0.1) is 5.92 Å². The molecule has 5 heteroatoms. The maximum atomic E-state index is 12.4. The first-order valence-electron chi connectivity index (χ1n) is 8.33. The number of fused-ring (bicyclic) bond motifs is 1. The Bertz CT molecular complexity index is 591. The number of esters is 1. The molecule has 1 aromatic heterocycles. The molecule has 2 rings (SSSR count). The van der Waals surface area contributed by atoms with Crippen molar-refractivity contribution >= 4 is 28.2 Å². The predicted octanol–water partition coefficient (Wildman–Crippen LogP) is 4.34. The van der Waals surface area contributed by atoms with E-state index in [2.05, 4.69) is 18.8 Å². The van der Waals surface area contributed by atoms with Gasteiger partial charge in [0.05, 0.1) is 12.2 Å². The molecule has 0 aliphatic heterocycles. The highest BCUT2D eigenvalue weighted by Gasteiger charge is 2.29. The van der Waals surface area contributed by atoms with Crippen LogP contribution in [0.5, 0.6) is 0 Å². The average Bonchev–Trinajstić information content (AvgIpc) is 2.89. The van der Waals surface area contributed by atoms with Crippen LogP contribution in [0.25, 0.3) is 0 Å². The zero-order chi connectivity index (χ0) is 16.8. The van der Waals surface area contributed by atoms with E-state index in [0.717, 1.165) is 31.2 Å². The molecular weight excluding hydrogens is 310 g/mol. The van der Waals surface area contributed by atoms with Crippen molar-refractivity contribution < 1.29 is 14.3 Å². The Hall–Kier alpha value is -1.62. The molecular formula is C18H25NO3S. The van der Waals surface area contributed by atoms with Crippen LogP contribution in [-0.2, 0) is 22.4 Å². The number of hydrogen-bond acceptors (Lipinski definition) is 4. The predicted molar refractivity (Wildman–Crippen MR) is 94.1 cm³/mol. The summed E-state index contributed by atoms with van der Waals surface area (Å²) in [6.07, 6.45) is 6.85. The zero-order valence-corrected chi connectivity index (χ0v) is 14.8. The van der Waals surface area contributed by atoms with Gasteiger partial charge in [0.15, 0.2) is 0 Å². The monoisotopic (exact) mass is 335 g/mol. The van der Waals surface area contributed by atoms with Gasteiger partial charge in [-0.05, 0) is 44.1 Å². The van der Waals surface area contributed by atoms with E-state index in [1.165, 1.54) is 16.2 Å². The minimum Gasteiger partial charge on any atom is -0.462 e. The van der Waals surface area contributed by atoms with Gasteiger partial charge in [-0.2, -0.15) is 0 Å². The van der Waals surface area contributed by atoms with Gasteiger partial charge >= 0.3 is 5.97 Å². The molecule has 0 saturated heterocycles. The molecule has 1 aromatic rings. The van der Waals surface area contributed by atoms with E-state index in [9.17, 15) is 9.59 Å². The van der Waals surface area contributed by atoms with Crippen molar-refractivity contribution in [2.45, 2.75) is 52.4 Å². The zero-order valence-electron chi connectivity index (χ0n) is 13.9. The molecule has 0 saturated carbocycles. The topological polar surface area (TPSA) is 55.4 Å². The van der Waals surface area contributed by atoms with E-state index >= 15 is 0 Å². The number of nitrogens with one attached hydrogen (secondary N) is 1. The SMILES string of the molecule is C=CCCC(=O)Nc1sc2c(c1C(=O)OCC)CC[C@@H](CC)C2. The van der Waals surface area contributed by atoms with E-state index in [1.54, 1.807) is 13.0 Å². The summed E-state index contributed by atoms with van der Waals surface area (Å²) in [5, 5.41) is 3.56. The number of amides is 1. The fraction of sp³-hybridized carbons (Fsp3) is 0.556. The average molecular weight is 335 g/mol. The lowest BCUT2D eigenvalue weighted by molar-refractivity contribution is -0.116. The molecule has 0 aromatic carbocycles. The molecule has 1 heterocycles. The van der Waals surface area contributed by atoms with Gasteiger partial charge in [0.25, 0.3) is 0 Å². The number of thiophene rings is 1. The fourth-order valence-corrected chi connectivity index (χ4v) is 4.30. The summed E-state index contributed by atoms with van der Waals surface area (Å²) in [6, 6.07) is 0. The van der Waals surface area contributed by atoms with Crippen LogP contribution in [0.15, 0.2) is 12.7 Å². The highest BCUT2D eigenvalue weighted by atomic mass is 32.1. The summed E-state index contributed by atoms with van der Waals surface area (Å²) in [7, 11) is 0. The fourth-order valence-electron chi connectivity index (χ4n) is 2.93. The van der Waals surface area contributed by atoms with Gasteiger partial charge in [-0.1, -0.05) is 19.4 Å². The number of allylic oxidation sites excluding steroid dienone is 1. The summed E-state index contributed by atoms with van der Waals surface area (Å²) < 4.78 is 5.21. The lowest BCUT2D eigenvalue weighted by Crippen LogP contribution is -2.17. The molecule has 1 aliphatic carbocycles. The van der Waals surface area contributed by atoms with E-state index in [-0.39, 0.29) is 11.9 Å². The number of rotatable bonds is 7. The maximum absolute atomic E-state index is 12.4. The third-order valence-corrected chi connectivity index (χ3v) is 5.42. The van der Waals surface area contributed by atoms with Crippen molar-refractivity contribution in [2.75, 3.05) is 11.9 Å². The van der Waals surface area contributed by atoms with Crippen LogP contribution in [0.4, 0.5) is 5.00 Å². The summed E-state index contributed by atoms with van der Waals surface area (Å²) in [6.45, 7) is 7.97. The summed E-state index contributed by atoms with van der Waals surface area (Å²) >= 11 is 1.54. The summed E-state index contributed by atoms with van der Waals surface area (Å²) in [4.78, 5) is 25.6. The Morgan fingerprint density at radius 3 is 2.87 bits per heavy atom. The van der Waals surface area contributed by atoms with E-state index in [0.29, 0.717) is 35.9 Å². The van der Waals surface area contributed by atoms with Crippen LogP contribution in [0.1, 0.15) is 60.3 Å². The van der Waals surface area contributed by atoms with E-state index in [1.807, 2.05) is 0 Å². The van der Waals surface area contributed by atoms with Crippen LogP contribution < -0.4 is 5.32 Å². The van der Waals surface area contributed by atoms with Crippen LogP contribution in [0.2, 0.25) is 0 Å². The molecule has 1 atom stereocenters. The van der Waals surface area contributed by atoms with Crippen molar-refractivity contribution in [1.29, 1.82) is 0 Å². The number of hydrogen-bond donors (Lipinski definition) is 1. The first kappa shape index (κ1) is 17.7. The minimum atomic E-state index is -0.320. The van der Waals surface area contributed by atoms with Crippen molar-refractivity contribution in [3.05, 3.63) is 28.7 Å². The van der Waals surface area contributed by atoms with Crippen LogP contribution in [0.3, 0.4) is 0 Å². The van der Waals surface area contributed by atoms with Gasteiger partial charge in [0, 0.05) is 11.3 Å². The Kier molecular flexibility index (Phi) is 6.39. The second kappa shape index (κ2) is 8.29. The molecule has 1 aliphatic rings. The molecule has 0 bridgehead atoms. The number of anilines is 1. The highest BCUT2D eigenvalue weighted by Crippen LogP contribution is 2.40. The largest absolute Gasteiger partial charge is 0.462 e. The van der Waals surface area contributed by atoms with Crippen molar-refractivity contribution in [1.82, 2.24) is 0 Å². The molecule has 4 nitrogen and oxygen atoms in total.